The molecule has 2 heterocycles. The van der Waals surface area contributed by atoms with Gasteiger partial charge in [-0.15, -0.1) is 0 Å². The summed E-state index contributed by atoms with van der Waals surface area (Å²) in [6.07, 6.45) is -13.2. The third-order valence-electron chi connectivity index (χ3n) is 9.86. The van der Waals surface area contributed by atoms with Crippen LogP contribution in [0.15, 0.2) is 0 Å². The Bertz CT molecular complexity index is 919. The lowest BCUT2D eigenvalue weighted by atomic mass is 9.57. The van der Waals surface area contributed by atoms with Crippen molar-refractivity contribution in [3.8, 4) is 0 Å². The van der Waals surface area contributed by atoms with Gasteiger partial charge in [0.05, 0.1) is 18.3 Å². The molecule has 2 saturated heterocycles. The lowest BCUT2D eigenvalue weighted by molar-refractivity contribution is -0.291. The third-order valence-corrected chi connectivity index (χ3v) is 9.86. The molecule has 0 bridgehead atoms. The first-order chi connectivity index (χ1) is 21.1. The minimum Gasteiger partial charge on any atom is -0.481 e. The Morgan fingerprint density at radius 3 is 1.67 bits per heavy atom. The molecule has 13 atom stereocenters. The van der Waals surface area contributed by atoms with Gasteiger partial charge in [-0.2, -0.15) is 0 Å². The Hall–Kier alpha value is -1.26. The van der Waals surface area contributed by atoms with Crippen molar-refractivity contribution < 1.29 is 65.0 Å². The maximum absolute atomic E-state index is 14.5. The molecule has 2 aliphatic heterocycles. The fourth-order valence-corrected chi connectivity index (χ4v) is 6.94. The van der Waals surface area contributed by atoms with Crippen LogP contribution in [0.4, 0.5) is 0 Å². The zero-order valence-electron chi connectivity index (χ0n) is 27.2. The van der Waals surface area contributed by atoms with E-state index in [0.29, 0.717) is 25.7 Å². The Balaban J connectivity index is 2.74. The van der Waals surface area contributed by atoms with Crippen LogP contribution in [0.25, 0.3) is 0 Å². The summed E-state index contributed by atoms with van der Waals surface area (Å²) in [5, 5.41) is 99.4. The van der Waals surface area contributed by atoms with Crippen LogP contribution >= 0.6 is 0 Å². The van der Waals surface area contributed by atoms with E-state index in [1.807, 2.05) is 13.8 Å². The molecule has 0 aliphatic carbocycles. The molecule has 0 spiro atoms. The molecule has 2 fully saturated rings. The number of ketones is 1. The Kier molecular flexibility index (Phi) is 15.8. The van der Waals surface area contributed by atoms with Crippen LogP contribution in [0.1, 0.15) is 111 Å². The molecule has 2 aliphatic rings. The molecular formula is C32H58O13. The fourth-order valence-electron chi connectivity index (χ4n) is 6.94. The van der Waals surface area contributed by atoms with E-state index >= 15 is 0 Å². The van der Waals surface area contributed by atoms with E-state index in [1.54, 1.807) is 0 Å². The highest BCUT2D eigenvalue weighted by Gasteiger charge is 2.72. The number of aliphatic hydroxyl groups is 8. The van der Waals surface area contributed by atoms with Gasteiger partial charge in [0.2, 0.25) is 0 Å². The Morgan fingerprint density at radius 1 is 0.667 bits per heavy atom. The highest BCUT2D eigenvalue weighted by atomic mass is 16.6. The van der Waals surface area contributed by atoms with E-state index in [9.17, 15) is 55.5 Å². The van der Waals surface area contributed by atoms with E-state index in [-0.39, 0.29) is 12.8 Å². The number of aliphatic hydroxyl groups excluding tert-OH is 7. The standard InChI is InChI=1S/C32H58O13/c1-5-7-9-11-13-15-17-31(43,28(40)27-25(38)23(36)21(34)18(3)44-27)32(30(41)42,20(33)16-14-12-10-8-6-2)29-26(39)24(37)22(35)19(4)45-29/h18-27,29,33-39,43H,5-17H2,1-4H3,(H,41,42)/t18-,19-,20?,21-,22-,23+,24+,25+,26+,27?,29?,31?,32?/m0/s1. The van der Waals surface area contributed by atoms with Crippen LogP contribution < -0.4 is 0 Å². The summed E-state index contributed by atoms with van der Waals surface area (Å²) < 4.78 is 11.4. The monoisotopic (exact) mass is 650 g/mol. The molecule has 9 N–H and O–H groups in total. The summed E-state index contributed by atoms with van der Waals surface area (Å²) in [5.74, 6) is -3.28. The van der Waals surface area contributed by atoms with E-state index in [2.05, 4.69) is 0 Å². The second-order valence-corrected chi connectivity index (χ2v) is 13.1. The molecule has 0 saturated carbocycles. The molecule has 0 aromatic heterocycles. The summed E-state index contributed by atoms with van der Waals surface area (Å²) in [4.78, 5) is 28.1. The molecule has 2 rings (SSSR count). The number of hydrogen-bond acceptors (Lipinski definition) is 12. The number of hydrogen-bond donors (Lipinski definition) is 9. The third kappa shape index (κ3) is 8.43. The van der Waals surface area contributed by atoms with Crippen molar-refractivity contribution in [2.75, 3.05) is 0 Å². The van der Waals surface area contributed by atoms with Crippen molar-refractivity contribution in [3.63, 3.8) is 0 Å². The first-order valence-electron chi connectivity index (χ1n) is 16.7. The van der Waals surface area contributed by atoms with Gasteiger partial charge in [-0.05, 0) is 26.7 Å². The number of carboxylic acids is 1. The van der Waals surface area contributed by atoms with E-state index in [0.717, 1.165) is 38.5 Å². The second kappa shape index (κ2) is 17.8. The number of carbonyl (C=O) groups excluding carboxylic acids is 1. The first kappa shape index (κ1) is 39.9. The minimum absolute atomic E-state index is 0.0945. The van der Waals surface area contributed by atoms with Crippen molar-refractivity contribution in [2.24, 2.45) is 5.41 Å². The molecule has 0 aromatic carbocycles. The molecule has 45 heavy (non-hydrogen) atoms. The van der Waals surface area contributed by atoms with E-state index in [1.165, 1.54) is 13.8 Å². The van der Waals surface area contributed by atoms with Gasteiger partial charge in [0.25, 0.3) is 0 Å². The van der Waals surface area contributed by atoms with Gasteiger partial charge in [-0.3, -0.25) is 9.59 Å². The normalized spacial score (nSPS) is 35.7. The predicted octanol–water partition coefficient (Wildman–Crippen LogP) is 0.570. The maximum atomic E-state index is 14.5. The lowest BCUT2D eigenvalue weighted by Crippen LogP contribution is -2.76. The number of carbonyl (C=O) groups is 2. The first-order valence-corrected chi connectivity index (χ1v) is 16.7. The van der Waals surface area contributed by atoms with Crippen molar-refractivity contribution in [1.82, 2.24) is 0 Å². The summed E-state index contributed by atoms with van der Waals surface area (Å²) >= 11 is 0. The smallest absolute Gasteiger partial charge is 0.318 e. The van der Waals surface area contributed by atoms with Crippen LogP contribution in [0, 0.1) is 5.41 Å². The molecule has 0 amide bonds. The summed E-state index contributed by atoms with van der Waals surface area (Å²) in [7, 11) is 0. The van der Waals surface area contributed by atoms with Gasteiger partial charge in [0, 0.05) is 0 Å². The number of carboxylic acid groups (broad SMARTS) is 1. The molecule has 13 heteroatoms. The molecule has 0 radical (unpaired) electrons. The van der Waals surface area contributed by atoms with Gasteiger partial charge in [0.1, 0.15) is 54.4 Å². The Labute approximate surface area is 266 Å². The van der Waals surface area contributed by atoms with Gasteiger partial charge in [0.15, 0.2) is 11.2 Å². The highest BCUT2D eigenvalue weighted by Crippen LogP contribution is 2.50. The topological polar surface area (TPSA) is 235 Å². The Morgan fingerprint density at radius 2 is 1.13 bits per heavy atom. The molecule has 5 unspecified atom stereocenters. The number of ether oxygens (including phenoxy) is 2. The predicted molar refractivity (Wildman–Crippen MR) is 162 cm³/mol. The van der Waals surface area contributed by atoms with Gasteiger partial charge in [-0.25, -0.2) is 0 Å². The summed E-state index contributed by atoms with van der Waals surface area (Å²) in [6, 6.07) is 0. The number of Topliss-reactive ketones (excluding diaryl/α,β-unsaturated/α-hetero) is 1. The lowest BCUT2D eigenvalue weighted by Gasteiger charge is -2.55. The molecular weight excluding hydrogens is 592 g/mol. The zero-order valence-corrected chi connectivity index (χ0v) is 27.2. The van der Waals surface area contributed by atoms with Crippen LogP contribution in [-0.2, 0) is 19.1 Å². The fraction of sp³-hybridized carbons (Fsp3) is 0.938. The van der Waals surface area contributed by atoms with E-state index in [4.69, 9.17) is 9.47 Å². The van der Waals surface area contributed by atoms with Crippen molar-refractivity contribution in [3.05, 3.63) is 0 Å². The SMILES string of the molecule is CCCCCCCCC(O)(C(=O)C1O[C@@H](C)[C@H](O)[C@@H](O)[C@H]1O)C(C(=O)O)(C(O)CCCCCCC)C1O[C@@H](C)[C@H](O)[C@@H](O)[C@H]1O. The summed E-state index contributed by atoms with van der Waals surface area (Å²) in [5.41, 5.74) is -6.12. The van der Waals surface area contributed by atoms with Crippen LogP contribution in [-0.4, -0.2) is 130 Å². The van der Waals surface area contributed by atoms with Crippen molar-refractivity contribution in [2.45, 2.75) is 184 Å². The van der Waals surface area contributed by atoms with Crippen molar-refractivity contribution in [1.29, 1.82) is 0 Å². The number of aliphatic carboxylic acids is 1. The van der Waals surface area contributed by atoms with Gasteiger partial charge < -0.3 is 55.4 Å². The zero-order chi connectivity index (χ0) is 34.1. The van der Waals surface area contributed by atoms with Crippen LogP contribution in [0.2, 0.25) is 0 Å². The van der Waals surface area contributed by atoms with E-state index < -0.39 is 96.3 Å². The average Bonchev–Trinajstić information content (AvgIpc) is 3.00. The quantitative estimate of drug-likeness (QED) is 0.0871. The maximum Gasteiger partial charge on any atom is 0.318 e. The van der Waals surface area contributed by atoms with Gasteiger partial charge >= 0.3 is 5.97 Å². The molecule has 264 valence electrons. The van der Waals surface area contributed by atoms with Gasteiger partial charge in [-0.1, -0.05) is 84.5 Å². The minimum atomic E-state index is -3.09. The number of unbranched alkanes of at least 4 members (excludes halogenated alkanes) is 9. The largest absolute Gasteiger partial charge is 0.481 e. The molecule has 0 aromatic rings. The summed E-state index contributed by atoms with van der Waals surface area (Å²) in [6.45, 7) is 6.69. The molecule has 13 nitrogen and oxygen atoms in total. The highest BCUT2D eigenvalue weighted by molar-refractivity contribution is 5.98. The van der Waals surface area contributed by atoms with Crippen molar-refractivity contribution >= 4 is 11.8 Å². The second-order valence-electron chi connectivity index (χ2n) is 13.1. The van der Waals surface area contributed by atoms with Crippen LogP contribution in [0.5, 0.6) is 0 Å². The number of rotatable bonds is 19. The average molecular weight is 651 g/mol. The van der Waals surface area contributed by atoms with Crippen LogP contribution in [0.3, 0.4) is 0 Å².